The van der Waals surface area contributed by atoms with E-state index in [1.54, 1.807) is 13.2 Å². The van der Waals surface area contributed by atoms with Gasteiger partial charge in [-0.1, -0.05) is 18.5 Å². The van der Waals surface area contributed by atoms with Gasteiger partial charge in [-0.3, -0.25) is 10.1 Å². The number of rotatable bonds is 6. The second-order valence-corrected chi connectivity index (χ2v) is 4.06. The predicted octanol–water partition coefficient (Wildman–Crippen LogP) is 3.09. The van der Waals surface area contributed by atoms with Crippen molar-refractivity contribution >= 4 is 23.0 Å². The van der Waals surface area contributed by atoms with Crippen LogP contribution in [0.15, 0.2) is 18.2 Å². The summed E-state index contributed by atoms with van der Waals surface area (Å²) in [5.41, 5.74) is 0.440. The monoisotopic (exact) mass is 258 g/mol. The molecule has 94 valence electrons. The van der Waals surface area contributed by atoms with Crippen LogP contribution in [0.25, 0.3) is 0 Å². The summed E-state index contributed by atoms with van der Waals surface area (Å²) in [6.07, 6.45) is 0.803. The first-order valence-electron chi connectivity index (χ1n) is 5.27. The minimum absolute atomic E-state index is 0.0175. The molecule has 0 aliphatic heterocycles. The largest absolute Gasteiger partial charge is 0.383 e. The van der Waals surface area contributed by atoms with Crippen LogP contribution in [0.5, 0.6) is 0 Å². The van der Waals surface area contributed by atoms with E-state index in [1.807, 2.05) is 6.92 Å². The molecule has 6 heteroatoms. The molecule has 0 aromatic heterocycles. The normalized spacial score (nSPS) is 12.2. The second kappa shape index (κ2) is 6.42. The number of nitrogens with one attached hydrogen (secondary N) is 1. The summed E-state index contributed by atoms with van der Waals surface area (Å²) >= 11 is 5.83. The summed E-state index contributed by atoms with van der Waals surface area (Å²) in [6, 6.07) is 4.47. The quantitative estimate of drug-likeness (QED) is 0.629. The topological polar surface area (TPSA) is 64.4 Å². The molecule has 0 radical (unpaired) electrons. The number of methoxy groups -OCH3 is 1. The molecule has 0 aliphatic rings. The summed E-state index contributed by atoms with van der Waals surface area (Å²) in [7, 11) is 1.59. The molecule has 1 rings (SSSR count). The Kier molecular flexibility index (Phi) is 5.18. The predicted molar refractivity (Wildman–Crippen MR) is 67.7 cm³/mol. The molecule has 1 aromatic carbocycles. The van der Waals surface area contributed by atoms with E-state index in [0.717, 1.165) is 6.42 Å². The average molecular weight is 259 g/mol. The number of nitro groups is 1. The van der Waals surface area contributed by atoms with Crippen molar-refractivity contribution in [3.8, 4) is 0 Å². The zero-order chi connectivity index (χ0) is 12.8. The summed E-state index contributed by atoms with van der Waals surface area (Å²) in [4.78, 5) is 10.4. The van der Waals surface area contributed by atoms with Gasteiger partial charge in [0, 0.05) is 24.2 Å². The highest BCUT2D eigenvalue weighted by molar-refractivity contribution is 6.31. The van der Waals surface area contributed by atoms with Crippen molar-refractivity contribution in [3.05, 3.63) is 33.3 Å². The molecule has 0 heterocycles. The van der Waals surface area contributed by atoms with Crippen LogP contribution in [-0.2, 0) is 4.74 Å². The third-order valence-electron chi connectivity index (χ3n) is 2.38. The van der Waals surface area contributed by atoms with Crippen molar-refractivity contribution in [1.82, 2.24) is 0 Å². The standard InChI is InChI=1S/C11H15ClN2O3/c1-3-9(7-17-2)13-10-6-8(12)4-5-11(10)14(15)16/h4-6,9,13H,3,7H2,1-2H3. The zero-order valence-corrected chi connectivity index (χ0v) is 10.5. The van der Waals surface area contributed by atoms with E-state index in [2.05, 4.69) is 5.32 Å². The van der Waals surface area contributed by atoms with Gasteiger partial charge in [0.15, 0.2) is 0 Å². The van der Waals surface area contributed by atoms with E-state index in [-0.39, 0.29) is 11.7 Å². The molecule has 0 fully saturated rings. The number of nitrogens with zero attached hydrogens (tertiary/aromatic N) is 1. The number of benzene rings is 1. The maximum Gasteiger partial charge on any atom is 0.292 e. The van der Waals surface area contributed by atoms with Crippen LogP contribution >= 0.6 is 11.6 Å². The lowest BCUT2D eigenvalue weighted by Crippen LogP contribution is -2.24. The van der Waals surface area contributed by atoms with E-state index in [9.17, 15) is 10.1 Å². The van der Waals surface area contributed by atoms with E-state index >= 15 is 0 Å². The lowest BCUT2D eigenvalue weighted by molar-refractivity contribution is -0.384. The maximum atomic E-state index is 10.9. The molecule has 1 aromatic rings. The number of hydrogen-bond donors (Lipinski definition) is 1. The van der Waals surface area contributed by atoms with Gasteiger partial charge in [0.25, 0.3) is 5.69 Å². The molecule has 0 saturated heterocycles. The first-order valence-corrected chi connectivity index (χ1v) is 5.65. The number of hydrogen-bond acceptors (Lipinski definition) is 4. The number of ether oxygens (including phenoxy) is 1. The Balaban J connectivity index is 2.94. The SMILES string of the molecule is CCC(COC)Nc1cc(Cl)ccc1[N+](=O)[O-]. The Hall–Kier alpha value is -1.33. The fraction of sp³-hybridized carbons (Fsp3) is 0.455. The fourth-order valence-corrected chi connectivity index (χ4v) is 1.64. The molecule has 0 amide bonds. The molecule has 17 heavy (non-hydrogen) atoms. The first-order chi connectivity index (χ1) is 8.08. The van der Waals surface area contributed by atoms with E-state index in [1.165, 1.54) is 12.1 Å². The van der Waals surface area contributed by atoms with Gasteiger partial charge in [-0.15, -0.1) is 0 Å². The summed E-state index contributed by atoms with van der Waals surface area (Å²) in [5.74, 6) is 0. The highest BCUT2D eigenvalue weighted by atomic mass is 35.5. The van der Waals surface area contributed by atoms with Crippen molar-refractivity contribution in [2.45, 2.75) is 19.4 Å². The van der Waals surface area contributed by atoms with Gasteiger partial charge in [-0.2, -0.15) is 0 Å². The van der Waals surface area contributed by atoms with Crippen molar-refractivity contribution in [2.75, 3.05) is 19.0 Å². The average Bonchev–Trinajstić information content (AvgIpc) is 2.28. The molecule has 1 unspecified atom stereocenters. The van der Waals surface area contributed by atoms with Crippen molar-refractivity contribution in [3.63, 3.8) is 0 Å². The van der Waals surface area contributed by atoms with Crippen LogP contribution in [0, 0.1) is 10.1 Å². The Labute approximate surface area is 105 Å². The molecule has 0 saturated carbocycles. The van der Waals surface area contributed by atoms with E-state index in [0.29, 0.717) is 17.3 Å². The Bertz CT molecular complexity index is 398. The molecule has 1 atom stereocenters. The minimum atomic E-state index is -0.432. The van der Waals surface area contributed by atoms with E-state index in [4.69, 9.17) is 16.3 Å². The molecule has 0 aliphatic carbocycles. The molecule has 5 nitrogen and oxygen atoms in total. The van der Waals surface area contributed by atoms with Gasteiger partial charge < -0.3 is 10.1 Å². The van der Waals surface area contributed by atoms with Gasteiger partial charge in [0.1, 0.15) is 5.69 Å². The van der Waals surface area contributed by atoms with Gasteiger partial charge >= 0.3 is 0 Å². The summed E-state index contributed by atoms with van der Waals surface area (Å²) in [5, 5.41) is 14.4. The lowest BCUT2D eigenvalue weighted by Gasteiger charge is -2.17. The van der Waals surface area contributed by atoms with Crippen LogP contribution in [-0.4, -0.2) is 24.7 Å². The molecule has 0 spiro atoms. The second-order valence-electron chi connectivity index (χ2n) is 3.62. The smallest absolute Gasteiger partial charge is 0.292 e. The third-order valence-corrected chi connectivity index (χ3v) is 2.61. The van der Waals surface area contributed by atoms with Crippen LogP contribution < -0.4 is 5.32 Å². The van der Waals surface area contributed by atoms with Gasteiger partial charge in [-0.05, 0) is 18.6 Å². The maximum absolute atomic E-state index is 10.9. The lowest BCUT2D eigenvalue weighted by atomic mass is 10.2. The van der Waals surface area contributed by atoms with Crippen molar-refractivity contribution < 1.29 is 9.66 Å². The number of halogens is 1. The van der Waals surface area contributed by atoms with E-state index < -0.39 is 4.92 Å². The summed E-state index contributed by atoms with van der Waals surface area (Å²) in [6.45, 7) is 2.47. The van der Waals surface area contributed by atoms with Gasteiger partial charge in [0.2, 0.25) is 0 Å². The Morgan fingerprint density at radius 2 is 2.29 bits per heavy atom. The number of anilines is 1. The van der Waals surface area contributed by atoms with Crippen molar-refractivity contribution in [2.24, 2.45) is 0 Å². The fourth-order valence-electron chi connectivity index (χ4n) is 1.47. The highest BCUT2D eigenvalue weighted by Crippen LogP contribution is 2.28. The zero-order valence-electron chi connectivity index (χ0n) is 9.77. The van der Waals surface area contributed by atoms with Gasteiger partial charge in [0.05, 0.1) is 11.5 Å². The van der Waals surface area contributed by atoms with Crippen LogP contribution in [0.4, 0.5) is 11.4 Å². The van der Waals surface area contributed by atoms with Crippen LogP contribution in [0.3, 0.4) is 0 Å². The summed E-state index contributed by atoms with van der Waals surface area (Å²) < 4.78 is 5.03. The highest BCUT2D eigenvalue weighted by Gasteiger charge is 2.16. The van der Waals surface area contributed by atoms with Crippen LogP contribution in [0.2, 0.25) is 5.02 Å². The Morgan fingerprint density at radius 1 is 1.59 bits per heavy atom. The molecular formula is C11H15ClN2O3. The third kappa shape index (κ3) is 3.87. The first kappa shape index (κ1) is 13.7. The molecule has 0 bridgehead atoms. The molecular weight excluding hydrogens is 244 g/mol. The van der Waals surface area contributed by atoms with Crippen molar-refractivity contribution in [1.29, 1.82) is 0 Å². The number of nitro benzene ring substituents is 1. The van der Waals surface area contributed by atoms with Gasteiger partial charge in [-0.25, -0.2) is 0 Å². The van der Waals surface area contributed by atoms with Crippen LogP contribution in [0.1, 0.15) is 13.3 Å². The Morgan fingerprint density at radius 3 is 2.82 bits per heavy atom. The minimum Gasteiger partial charge on any atom is -0.383 e. The molecule has 1 N–H and O–H groups in total.